The summed E-state index contributed by atoms with van der Waals surface area (Å²) in [6.07, 6.45) is 8.39. The molecule has 148 valence electrons. The molecule has 0 spiro atoms. The fourth-order valence-electron chi connectivity index (χ4n) is 3.98. The molecule has 3 fully saturated rings. The summed E-state index contributed by atoms with van der Waals surface area (Å²) in [7, 11) is 1.78. The van der Waals surface area contributed by atoms with E-state index in [9.17, 15) is 4.79 Å². The highest BCUT2D eigenvalue weighted by Gasteiger charge is 2.24. The molecule has 7 nitrogen and oxygen atoms in total. The summed E-state index contributed by atoms with van der Waals surface area (Å²) >= 11 is 0. The van der Waals surface area contributed by atoms with Crippen LogP contribution in [0.1, 0.15) is 44.9 Å². The first-order valence-electron chi connectivity index (χ1n) is 10.2. The van der Waals surface area contributed by atoms with Crippen LogP contribution in [0, 0.1) is 0 Å². The molecule has 0 aromatic rings. The molecular weight excluding hydrogens is 332 g/mol. The number of nitrogens with one attached hydrogen (secondary N) is 1. The van der Waals surface area contributed by atoms with Gasteiger partial charge in [-0.15, -0.1) is 0 Å². The average Bonchev–Trinajstić information content (AvgIpc) is 3.23. The molecule has 1 N–H and O–H groups in total. The number of ether oxygens (including phenoxy) is 2. The third-order valence-electron chi connectivity index (χ3n) is 5.60. The van der Waals surface area contributed by atoms with E-state index in [0.717, 1.165) is 77.5 Å². The molecule has 26 heavy (non-hydrogen) atoms. The largest absolute Gasteiger partial charge is 0.376 e. The molecule has 7 heteroatoms. The van der Waals surface area contributed by atoms with Gasteiger partial charge in [-0.1, -0.05) is 0 Å². The fraction of sp³-hybridized carbons (Fsp3) is 0.895. The quantitative estimate of drug-likeness (QED) is 0.586. The number of piperidine rings is 1. The summed E-state index contributed by atoms with van der Waals surface area (Å²) in [5.74, 6) is 1.00. The van der Waals surface area contributed by atoms with Crippen LogP contribution < -0.4 is 5.32 Å². The van der Waals surface area contributed by atoms with Crippen molar-refractivity contribution in [3.8, 4) is 0 Å². The SMILES string of the molecule is CN=C(NCC(=O)N1CCCC1)N1CCC(OCC2CCCCO2)CC1. The summed E-state index contributed by atoms with van der Waals surface area (Å²) < 4.78 is 11.8. The zero-order chi connectivity index (χ0) is 18.2. The summed E-state index contributed by atoms with van der Waals surface area (Å²) in [6, 6.07) is 0. The van der Waals surface area contributed by atoms with Crippen LogP contribution in [0.5, 0.6) is 0 Å². The fourth-order valence-corrected chi connectivity index (χ4v) is 3.98. The standard InChI is InChI=1S/C19H34N4O3/c1-20-19(21-14-18(24)22-9-3-4-10-22)23-11-7-16(8-12-23)26-15-17-6-2-5-13-25-17/h16-17H,2-15H2,1H3,(H,20,21). The van der Waals surface area contributed by atoms with Gasteiger partial charge in [0, 0.05) is 39.8 Å². The van der Waals surface area contributed by atoms with Gasteiger partial charge in [-0.05, 0) is 44.9 Å². The van der Waals surface area contributed by atoms with Gasteiger partial charge in [0.25, 0.3) is 0 Å². The Morgan fingerprint density at radius 2 is 1.85 bits per heavy atom. The van der Waals surface area contributed by atoms with Crippen LogP contribution >= 0.6 is 0 Å². The van der Waals surface area contributed by atoms with Gasteiger partial charge in [0.1, 0.15) is 0 Å². The van der Waals surface area contributed by atoms with Gasteiger partial charge < -0.3 is 24.6 Å². The van der Waals surface area contributed by atoms with Crippen LogP contribution in [0.3, 0.4) is 0 Å². The number of hydrogen-bond acceptors (Lipinski definition) is 4. The molecule has 0 bridgehead atoms. The van der Waals surface area contributed by atoms with Crippen LogP contribution in [0.15, 0.2) is 4.99 Å². The lowest BCUT2D eigenvalue weighted by atomic mass is 10.1. The second kappa shape index (κ2) is 10.1. The van der Waals surface area contributed by atoms with E-state index in [-0.39, 0.29) is 12.0 Å². The highest BCUT2D eigenvalue weighted by Crippen LogP contribution is 2.18. The summed E-state index contributed by atoms with van der Waals surface area (Å²) in [5.41, 5.74) is 0. The molecule has 0 aliphatic carbocycles. The maximum Gasteiger partial charge on any atom is 0.241 e. The van der Waals surface area contributed by atoms with Gasteiger partial charge in [-0.25, -0.2) is 0 Å². The number of amides is 1. The molecule has 3 saturated heterocycles. The van der Waals surface area contributed by atoms with E-state index in [2.05, 4.69) is 15.2 Å². The van der Waals surface area contributed by atoms with Crippen molar-refractivity contribution < 1.29 is 14.3 Å². The van der Waals surface area contributed by atoms with Crippen LogP contribution in [0.25, 0.3) is 0 Å². The molecule has 1 atom stereocenters. The second-order valence-electron chi connectivity index (χ2n) is 7.50. The van der Waals surface area contributed by atoms with E-state index >= 15 is 0 Å². The minimum absolute atomic E-state index is 0.175. The predicted octanol–water partition coefficient (Wildman–Crippen LogP) is 1.23. The van der Waals surface area contributed by atoms with Gasteiger partial charge in [-0.3, -0.25) is 9.79 Å². The first-order chi connectivity index (χ1) is 12.8. The Morgan fingerprint density at radius 3 is 2.50 bits per heavy atom. The summed E-state index contributed by atoms with van der Waals surface area (Å²) in [4.78, 5) is 20.7. The summed E-state index contributed by atoms with van der Waals surface area (Å²) in [6.45, 7) is 5.55. The zero-order valence-corrected chi connectivity index (χ0v) is 16.1. The van der Waals surface area contributed by atoms with E-state index in [1.807, 2.05) is 4.90 Å². The van der Waals surface area contributed by atoms with Crippen molar-refractivity contribution >= 4 is 11.9 Å². The minimum atomic E-state index is 0.175. The van der Waals surface area contributed by atoms with Gasteiger partial charge in [0.2, 0.25) is 5.91 Å². The van der Waals surface area contributed by atoms with Crippen LogP contribution in [0.4, 0.5) is 0 Å². The maximum atomic E-state index is 12.2. The van der Waals surface area contributed by atoms with Gasteiger partial charge in [-0.2, -0.15) is 0 Å². The lowest BCUT2D eigenvalue weighted by Crippen LogP contribution is -2.49. The molecule has 0 aromatic carbocycles. The Bertz CT molecular complexity index is 465. The van der Waals surface area contributed by atoms with Crippen LogP contribution in [0.2, 0.25) is 0 Å². The Morgan fingerprint density at radius 1 is 1.08 bits per heavy atom. The molecule has 1 unspecified atom stereocenters. The minimum Gasteiger partial charge on any atom is -0.376 e. The topological polar surface area (TPSA) is 66.4 Å². The normalized spacial score (nSPS) is 25.6. The average molecular weight is 367 g/mol. The van der Waals surface area contributed by atoms with Crippen molar-refractivity contribution in [3.05, 3.63) is 0 Å². The van der Waals surface area contributed by atoms with Crippen molar-refractivity contribution in [2.75, 3.05) is 53.0 Å². The lowest BCUT2D eigenvalue weighted by molar-refractivity contribution is -0.128. The molecule has 3 aliphatic rings. The zero-order valence-electron chi connectivity index (χ0n) is 16.1. The first kappa shape index (κ1) is 19.4. The highest BCUT2D eigenvalue weighted by molar-refractivity contribution is 5.86. The second-order valence-corrected chi connectivity index (χ2v) is 7.50. The Hall–Kier alpha value is -1.34. The van der Waals surface area contributed by atoms with Crippen molar-refractivity contribution in [1.29, 1.82) is 0 Å². The van der Waals surface area contributed by atoms with Crippen LogP contribution in [-0.4, -0.2) is 86.9 Å². The molecular formula is C19H34N4O3. The molecule has 3 aliphatic heterocycles. The number of guanidine groups is 1. The molecule has 1 amide bonds. The number of carbonyl (C=O) groups is 1. The van der Waals surface area contributed by atoms with Gasteiger partial charge >= 0.3 is 0 Å². The third kappa shape index (κ3) is 5.58. The maximum absolute atomic E-state index is 12.2. The van der Waals surface area contributed by atoms with Crippen LogP contribution in [-0.2, 0) is 14.3 Å². The molecule has 0 radical (unpaired) electrons. The third-order valence-corrected chi connectivity index (χ3v) is 5.60. The number of rotatable bonds is 5. The van der Waals surface area contributed by atoms with Gasteiger partial charge in [0.15, 0.2) is 5.96 Å². The van der Waals surface area contributed by atoms with Crippen molar-refractivity contribution in [3.63, 3.8) is 0 Å². The number of aliphatic imine (C=N–C) groups is 1. The van der Waals surface area contributed by atoms with E-state index in [1.54, 1.807) is 7.05 Å². The number of carbonyl (C=O) groups excluding carboxylic acids is 1. The summed E-state index contributed by atoms with van der Waals surface area (Å²) in [5, 5.41) is 3.24. The Labute approximate surface area is 157 Å². The first-order valence-corrected chi connectivity index (χ1v) is 10.2. The van der Waals surface area contributed by atoms with E-state index < -0.39 is 0 Å². The van der Waals surface area contributed by atoms with Gasteiger partial charge in [0.05, 0.1) is 25.4 Å². The Balaban J connectivity index is 1.34. The molecule has 3 rings (SSSR count). The monoisotopic (exact) mass is 366 g/mol. The Kier molecular flexibility index (Phi) is 7.55. The highest BCUT2D eigenvalue weighted by atomic mass is 16.5. The van der Waals surface area contributed by atoms with E-state index in [1.165, 1.54) is 12.8 Å². The smallest absolute Gasteiger partial charge is 0.241 e. The van der Waals surface area contributed by atoms with Crippen molar-refractivity contribution in [1.82, 2.24) is 15.1 Å². The lowest BCUT2D eigenvalue weighted by Gasteiger charge is -2.35. The number of likely N-dealkylation sites (tertiary alicyclic amines) is 2. The molecule has 3 heterocycles. The number of nitrogens with zero attached hydrogens (tertiary/aromatic N) is 3. The predicted molar refractivity (Wildman–Crippen MR) is 101 cm³/mol. The van der Waals surface area contributed by atoms with E-state index in [0.29, 0.717) is 12.6 Å². The molecule has 0 saturated carbocycles. The van der Waals surface area contributed by atoms with Crippen molar-refractivity contribution in [2.24, 2.45) is 4.99 Å². The van der Waals surface area contributed by atoms with E-state index in [4.69, 9.17) is 9.47 Å². The number of hydrogen-bond donors (Lipinski definition) is 1. The molecule has 0 aromatic heterocycles. The van der Waals surface area contributed by atoms with Crippen molar-refractivity contribution in [2.45, 2.75) is 57.2 Å².